The van der Waals surface area contributed by atoms with Gasteiger partial charge in [0.05, 0.1) is 79.1 Å². The smallest absolute Gasteiger partial charge is 0.306 e. The molecular weight excluding hydrogens is 542 g/mol. The number of nitrogens with one attached hydrogen (secondary N) is 1. The van der Waals surface area contributed by atoms with Crippen molar-refractivity contribution in [3.8, 4) is 11.1 Å². The van der Waals surface area contributed by atoms with E-state index >= 15 is 0 Å². The maximum absolute atomic E-state index is 12.3. The number of carbonyl (C=O) groups excluding carboxylic acids is 2. The van der Waals surface area contributed by atoms with E-state index in [-0.39, 0.29) is 37.2 Å². The second kappa shape index (κ2) is 20.9. The fourth-order valence-corrected chi connectivity index (χ4v) is 4.50. The molecule has 0 unspecified atom stereocenters. The van der Waals surface area contributed by atoms with Gasteiger partial charge >= 0.3 is 5.97 Å². The third-order valence-electron chi connectivity index (χ3n) is 6.56. The number of benzene rings is 2. The summed E-state index contributed by atoms with van der Waals surface area (Å²) in [6.07, 6.45) is 0.112. The van der Waals surface area contributed by atoms with E-state index in [0.717, 1.165) is 11.1 Å². The summed E-state index contributed by atoms with van der Waals surface area (Å²) in [5.74, 6) is -0.579. The first-order valence-electron chi connectivity index (χ1n) is 14.8. The van der Waals surface area contributed by atoms with Crippen molar-refractivity contribution in [2.45, 2.75) is 25.7 Å². The van der Waals surface area contributed by atoms with E-state index in [1.54, 1.807) is 0 Å². The molecule has 0 aromatic heterocycles. The van der Waals surface area contributed by atoms with Crippen LogP contribution in [-0.4, -0.2) is 104 Å². The number of fused-ring (bicyclic) bond motifs is 3. The topological polar surface area (TPSA) is 111 Å². The molecule has 2 aromatic rings. The van der Waals surface area contributed by atoms with Crippen LogP contribution in [-0.2, 0) is 42.7 Å². The molecule has 1 aliphatic rings. The van der Waals surface area contributed by atoms with Gasteiger partial charge in [0.1, 0.15) is 6.61 Å². The lowest BCUT2D eigenvalue weighted by molar-refractivity contribution is -0.145. The maximum Gasteiger partial charge on any atom is 0.306 e. The van der Waals surface area contributed by atoms with Crippen LogP contribution in [0.1, 0.15) is 36.8 Å². The van der Waals surface area contributed by atoms with Crippen molar-refractivity contribution in [1.82, 2.24) is 5.32 Å². The Morgan fingerprint density at radius 2 is 1.07 bits per heavy atom. The van der Waals surface area contributed by atoms with Crippen LogP contribution >= 0.6 is 0 Å². The lowest BCUT2D eigenvalue weighted by atomic mass is 9.98. The highest BCUT2D eigenvalue weighted by Crippen LogP contribution is 2.44. The van der Waals surface area contributed by atoms with Gasteiger partial charge in [0, 0.05) is 25.5 Å². The van der Waals surface area contributed by atoms with Crippen molar-refractivity contribution in [2.75, 3.05) is 92.4 Å². The fraction of sp³-hybridized carbons (Fsp3) is 0.562. The molecule has 0 radical (unpaired) electrons. The zero-order valence-corrected chi connectivity index (χ0v) is 24.7. The standard InChI is InChI=1S/C32H45NO9/c1-2-36-15-16-38-19-20-40-23-24-41-22-21-39-18-17-37-14-13-33-31(34)11-12-32(35)42-25-30-28-9-5-3-7-26(28)27-8-4-6-10-29(27)30/h3-10,30H,2,11-25H2,1H3,(H,33,34). The molecule has 1 N–H and O–H groups in total. The summed E-state index contributed by atoms with van der Waals surface area (Å²) in [5.41, 5.74) is 4.69. The SMILES string of the molecule is CCOCCOCCOCCOCCOCCOCCNC(=O)CCC(=O)OCC1c2ccccc2-c2ccccc21. The van der Waals surface area contributed by atoms with Gasteiger partial charge in [-0.1, -0.05) is 48.5 Å². The lowest BCUT2D eigenvalue weighted by Crippen LogP contribution is -2.28. The van der Waals surface area contributed by atoms with Crippen LogP contribution in [0.25, 0.3) is 11.1 Å². The molecule has 0 fully saturated rings. The molecule has 0 saturated heterocycles. The minimum atomic E-state index is -0.379. The van der Waals surface area contributed by atoms with Crippen LogP contribution in [0.4, 0.5) is 0 Å². The summed E-state index contributed by atoms with van der Waals surface area (Å²) >= 11 is 0. The Hall–Kier alpha value is -2.86. The summed E-state index contributed by atoms with van der Waals surface area (Å²) in [6, 6.07) is 16.4. The Morgan fingerprint density at radius 1 is 0.619 bits per heavy atom. The zero-order valence-electron chi connectivity index (χ0n) is 24.7. The van der Waals surface area contributed by atoms with Gasteiger partial charge in [-0.15, -0.1) is 0 Å². The van der Waals surface area contributed by atoms with Crippen molar-refractivity contribution >= 4 is 11.9 Å². The van der Waals surface area contributed by atoms with Gasteiger partial charge in [-0.2, -0.15) is 0 Å². The zero-order chi connectivity index (χ0) is 29.7. The number of amides is 1. The number of hydrogen-bond donors (Lipinski definition) is 1. The van der Waals surface area contributed by atoms with Crippen molar-refractivity contribution in [3.05, 3.63) is 59.7 Å². The number of esters is 1. The molecular formula is C32H45NO9. The average Bonchev–Trinajstić information content (AvgIpc) is 3.33. The summed E-state index contributed by atoms with van der Waals surface area (Å²) in [4.78, 5) is 24.4. The Kier molecular flexibility index (Phi) is 16.8. The number of carbonyl (C=O) groups is 2. The predicted octanol–water partition coefficient (Wildman–Crippen LogP) is 3.36. The molecule has 0 saturated carbocycles. The fourth-order valence-electron chi connectivity index (χ4n) is 4.50. The van der Waals surface area contributed by atoms with E-state index in [1.165, 1.54) is 11.1 Å². The molecule has 10 heteroatoms. The summed E-state index contributed by atoms with van der Waals surface area (Å²) in [5, 5.41) is 2.76. The first-order chi connectivity index (χ1) is 20.7. The van der Waals surface area contributed by atoms with E-state index < -0.39 is 0 Å². The van der Waals surface area contributed by atoms with Gasteiger partial charge in [-0.05, 0) is 29.2 Å². The van der Waals surface area contributed by atoms with Crippen LogP contribution in [0, 0.1) is 0 Å². The molecule has 0 spiro atoms. The van der Waals surface area contributed by atoms with Gasteiger partial charge in [-0.3, -0.25) is 9.59 Å². The molecule has 0 atom stereocenters. The normalized spacial score (nSPS) is 12.2. The minimum absolute atomic E-state index is 0.00990. The van der Waals surface area contributed by atoms with E-state index in [9.17, 15) is 9.59 Å². The number of rotatable bonds is 24. The second-order valence-corrected chi connectivity index (χ2v) is 9.52. The van der Waals surface area contributed by atoms with Crippen LogP contribution in [0.5, 0.6) is 0 Å². The predicted molar refractivity (Wildman–Crippen MR) is 158 cm³/mol. The quantitative estimate of drug-likeness (QED) is 0.146. The van der Waals surface area contributed by atoms with Gasteiger partial charge < -0.3 is 38.5 Å². The molecule has 0 aliphatic heterocycles. The molecule has 3 rings (SSSR count). The summed E-state index contributed by atoms with van der Waals surface area (Å²) in [6.45, 7) is 8.71. The number of hydrogen-bond acceptors (Lipinski definition) is 9. The largest absolute Gasteiger partial charge is 0.465 e. The number of ether oxygens (including phenoxy) is 7. The summed E-state index contributed by atoms with van der Waals surface area (Å²) < 4.78 is 37.9. The molecule has 232 valence electrons. The monoisotopic (exact) mass is 587 g/mol. The van der Waals surface area contributed by atoms with Crippen molar-refractivity contribution in [2.24, 2.45) is 0 Å². The Balaban J connectivity index is 1.09. The Morgan fingerprint density at radius 3 is 1.57 bits per heavy atom. The third kappa shape index (κ3) is 12.6. The van der Waals surface area contributed by atoms with Crippen LogP contribution in [0.2, 0.25) is 0 Å². The van der Waals surface area contributed by atoms with Crippen LogP contribution in [0.3, 0.4) is 0 Å². The van der Waals surface area contributed by atoms with Crippen molar-refractivity contribution < 1.29 is 42.7 Å². The lowest BCUT2D eigenvalue weighted by Gasteiger charge is -2.14. The molecule has 1 aliphatic carbocycles. The van der Waals surface area contributed by atoms with E-state index in [2.05, 4.69) is 29.6 Å². The molecule has 2 aromatic carbocycles. The van der Waals surface area contributed by atoms with Gasteiger partial charge in [0.2, 0.25) is 5.91 Å². The second-order valence-electron chi connectivity index (χ2n) is 9.52. The Bertz CT molecular complexity index is 1000. The average molecular weight is 588 g/mol. The highest BCUT2D eigenvalue weighted by molar-refractivity contribution is 5.82. The van der Waals surface area contributed by atoms with Crippen molar-refractivity contribution in [1.29, 1.82) is 0 Å². The Labute approximate surface area is 248 Å². The summed E-state index contributed by atoms with van der Waals surface area (Å²) in [7, 11) is 0. The third-order valence-corrected chi connectivity index (χ3v) is 6.56. The van der Waals surface area contributed by atoms with Crippen LogP contribution < -0.4 is 5.32 Å². The van der Waals surface area contributed by atoms with Gasteiger partial charge in [0.25, 0.3) is 0 Å². The minimum Gasteiger partial charge on any atom is -0.465 e. The molecule has 42 heavy (non-hydrogen) atoms. The van der Waals surface area contributed by atoms with Gasteiger partial charge in [0.15, 0.2) is 0 Å². The van der Waals surface area contributed by atoms with E-state index in [0.29, 0.717) is 85.8 Å². The first-order valence-corrected chi connectivity index (χ1v) is 14.8. The highest BCUT2D eigenvalue weighted by atomic mass is 16.6. The molecule has 0 heterocycles. The first kappa shape index (κ1) is 33.6. The molecule has 0 bridgehead atoms. The van der Waals surface area contributed by atoms with E-state index in [1.807, 2.05) is 31.2 Å². The van der Waals surface area contributed by atoms with Crippen molar-refractivity contribution in [3.63, 3.8) is 0 Å². The molecule has 1 amide bonds. The molecule has 10 nitrogen and oxygen atoms in total. The highest BCUT2D eigenvalue weighted by Gasteiger charge is 2.29. The van der Waals surface area contributed by atoms with E-state index in [4.69, 9.17) is 33.2 Å². The van der Waals surface area contributed by atoms with Gasteiger partial charge in [-0.25, -0.2) is 0 Å². The van der Waals surface area contributed by atoms with Crippen LogP contribution in [0.15, 0.2) is 48.5 Å². The maximum atomic E-state index is 12.3.